The maximum atomic E-state index is 13.4. The van der Waals surface area contributed by atoms with Crippen molar-refractivity contribution in [1.29, 1.82) is 0 Å². The Morgan fingerprint density at radius 1 is 0.949 bits per heavy atom. The molecule has 39 heavy (non-hydrogen) atoms. The number of carbonyl (C=O) groups is 2. The van der Waals surface area contributed by atoms with E-state index in [1.165, 1.54) is 4.90 Å². The lowest BCUT2D eigenvalue weighted by molar-refractivity contribution is -0.132. The van der Waals surface area contributed by atoms with Crippen LogP contribution in [0.25, 0.3) is 5.76 Å². The van der Waals surface area contributed by atoms with Gasteiger partial charge in [0.25, 0.3) is 11.7 Å². The van der Waals surface area contributed by atoms with Crippen LogP contribution < -0.4 is 14.5 Å². The largest absolute Gasteiger partial charge is 0.507 e. The van der Waals surface area contributed by atoms with Crippen LogP contribution in [0.2, 0.25) is 0 Å². The third-order valence-corrected chi connectivity index (χ3v) is 6.80. The maximum absolute atomic E-state index is 13.4. The summed E-state index contributed by atoms with van der Waals surface area (Å²) < 4.78 is 5.98. The first-order valence-corrected chi connectivity index (χ1v) is 12.6. The van der Waals surface area contributed by atoms with E-state index in [4.69, 9.17) is 4.74 Å². The van der Waals surface area contributed by atoms with Crippen LogP contribution in [0.1, 0.15) is 28.3 Å². The number of carbonyl (C=O) groups excluding carboxylic acids is 2. The topological polar surface area (TPSA) is 83.0 Å². The first-order valence-electron chi connectivity index (χ1n) is 12.6. The van der Waals surface area contributed by atoms with Crippen LogP contribution in [-0.4, -0.2) is 35.9 Å². The summed E-state index contributed by atoms with van der Waals surface area (Å²) in [7, 11) is 3.86. The summed E-state index contributed by atoms with van der Waals surface area (Å²) in [5.41, 5.74) is 4.48. The molecule has 7 heteroatoms. The smallest absolute Gasteiger partial charge is 0.300 e. The fourth-order valence-electron chi connectivity index (χ4n) is 4.72. The number of aromatic nitrogens is 1. The van der Waals surface area contributed by atoms with Crippen LogP contribution in [0.3, 0.4) is 0 Å². The SMILES string of the molecule is Cc1cc(/C(O)=C2/C(=O)C(=O)N(c3ccc(N(C)C)cc3)C2c2ccncc2)ccc1OCc1ccccc1. The summed E-state index contributed by atoms with van der Waals surface area (Å²) >= 11 is 0. The number of aryl methyl sites for hydroxylation is 1. The number of pyridine rings is 1. The summed E-state index contributed by atoms with van der Waals surface area (Å²) in [6.45, 7) is 2.29. The van der Waals surface area contributed by atoms with Crippen LogP contribution >= 0.6 is 0 Å². The zero-order valence-electron chi connectivity index (χ0n) is 22.0. The normalized spacial score (nSPS) is 16.4. The highest BCUT2D eigenvalue weighted by Gasteiger charge is 2.47. The Kier molecular flexibility index (Phi) is 7.14. The number of nitrogens with zero attached hydrogens (tertiary/aromatic N) is 3. The van der Waals surface area contributed by atoms with Gasteiger partial charge in [0.2, 0.25) is 0 Å². The number of ketones is 1. The third kappa shape index (κ3) is 5.11. The number of hydrogen-bond donors (Lipinski definition) is 1. The second kappa shape index (κ2) is 10.8. The molecule has 1 N–H and O–H groups in total. The van der Waals surface area contributed by atoms with Gasteiger partial charge in [0.15, 0.2) is 0 Å². The molecular formula is C32H29N3O4. The molecule has 2 heterocycles. The lowest BCUT2D eigenvalue weighted by Gasteiger charge is -2.26. The molecule has 1 saturated heterocycles. The monoisotopic (exact) mass is 519 g/mol. The Balaban J connectivity index is 1.53. The fourth-order valence-corrected chi connectivity index (χ4v) is 4.72. The molecule has 0 saturated carbocycles. The van der Waals surface area contributed by atoms with Gasteiger partial charge in [-0.3, -0.25) is 19.5 Å². The van der Waals surface area contributed by atoms with E-state index in [-0.39, 0.29) is 11.3 Å². The fraction of sp³-hybridized carbons (Fsp3) is 0.156. The van der Waals surface area contributed by atoms with E-state index < -0.39 is 17.7 Å². The van der Waals surface area contributed by atoms with Gasteiger partial charge >= 0.3 is 0 Å². The van der Waals surface area contributed by atoms with E-state index in [0.717, 1.165) is 16.8 Å². The molecule has 1 aliphatic rings. The number of benzene rings is 3. The number of aliphatic hydroxyl groups excluding tert-OH is 1. The lowest BCUT2D eigenvalue weighted by Crippen LogP contribution is -2.29. The van der Waals surface area contributed by atoms with Gasteiger partial charge in [-0.25, -0.2) is 0 Å². The van der Waals surface area contributed by atoms with Gasteiger partial charge in [-0.15, -0.1) is 0 Å². The van der Waals surface area contributed by atoms with Gasteiger partial charge in [-0.1, -0.05) is 30.3 Å². The average molecular weight is 520 g/mol. The number of Topliss-reactive ketones (excluding diaryl/α,β-unsaturated/α-hetero) is 1. The third-order valence-electron chi connectivity index (χ3n) is 6.80. The van der Waals surface area contributed by atoms with E-state index in [9.17, 15) is 14.7 Å². The van der Waals surface area contributed by atoms with Crippen molar-refractivity contribution in [2.45, 2.75) is 19.6 Å². The standard InChI is InChI=1S/C32H29N3O4/c1-21-19-24(9-14-27(21)39-20-22-7-5-4-6-8-22)30(36)28-29(23-15-17-33-18-16-23)35(32(38)31(28)37)26-12-10-25(11-13-26)34(2)3/h4-19,29,36H,20H2,1-3H3/b30-28-. The maximum Gasteiger partial charge on any atom is 0.300 e. The highest BCUT2D eigenvalue weighted by atomic mass is 16.5. The molecule has 1 atom stereocenters. The van der Waals surface area contributed by atoms with Crippen molar-refractivity contribution in [2.24, 2.45) is 0 Å². The molecule has 196 valence electrons. The van der Waals surface area contributed by atoms with Crippen molar-refractivity contribution in [3.63, 3.8) is 0 Å². The number of aliphatic hydroxyl groups is 1. The van der Waals surface area contributed by atoms with Gasteiger partial charge in [0.05, 0.1) is 11.6 Å². The molecule has 0 spiro atoms. The van der Waals surface area contributed by atoms with Crippen molar-refractivity contribution in [3.8, 4) is 5.75 Å². The minimum Gasteiger partial charge on any atom is -0.507 e. The van der Waals surface area contributed by atoms with Gasteiger partial charge < -0.3 is 14.7 Å². The Morgan fingerprint density at radius 2 is 1.64 bits per heavy atom. The zero-order valence-corrected chi connectivity index (χ0v) is 22.0. The van der Waals surface area contributed by atoms with Crippen molar-refractivity contribution in [3.05, 3.63) is 125 Å². The molecule has 5 rings (SSSR count). The second-order valence-electron chi connectivity index (χ2n) is 9.62. The van der Waals surface area contributed by atoms with Crippen LogP contribution in [0.4, 0.5) is 11.4 Å². The summed E-state index contributed by atoms with van der Waals surface area (Å²) in [5.74, 6) is -1.01. The molecule has 0 radical (unpaired) electrons. The van der Waals surface area contributed by atoms with Crippen molar-refractivity contribution in [2.75, 3.05) is 23.9 Å². The van der Waals surface area contributed by atoms with E-state index in [2.05, 4.69) is 4.98 Å². The number of rotatable bonds is 7. The highest BCUT2D eigenvalue weighted by Crippen LogP contribution is 2.42. The molecule has 1 amide bonds. The number of hydrogen-bond acceptors (Lipinski definition) is 6. The lowest BCUT2D eigenvalue weighted by atomic mass is 9.95. The molecule has 3 aromatic carbocycles. The van der Waals surface area contributed by atoms with Crippen LogP contribution in [0.15, 0.2) is 103 Å². The molecule has 1 fully saturated rings. The molecule has 1 aromatic heterocycles. The predicted molar refractivity (Wildman–Crippen MR) is 152 cm³/mol. The molecule has 1 aliphatic heterocycles. The first-order chi connectivity index (χ1) is 18.8. The van der Waals surface area contributed by atoms with E-state index in [0.29, 0.717) is 29.2 Å². The Morgan fingerprint density at radius 3 is 2.28 bits per heavy atom. The Bertz CT molecular complexity index is 1530. The van der Waals surface area contributed by atoms with Gasteiger partial charge in [0, 0.05) is 43.4 Å². The summed E-state index contributed by atoms with van der Waals surface area (Å²) in [6, 6.07) is 25.1. The minimum atomic E-state index is -0.812. The van der Waals surface area contributed by atoms with Gasteiger partial charge in [-0.2, -0.15) is 0 Å². The van der Waals surface area contributed by atoms with E-state index in [1.54, 1.807) is 54.9 Å². The van der Waals surface area contributed by atoms with Crippen LogP contribution in [-0.2, 0) is 16.2 Å². The van der Waals surface area contributed by atoms with Crippen molar-refractivity contribution < 1.29 is 19.4 Å². The highest BCUT2D eigenvalue weighted by molar-refractivity contribution is 6.51. The molecule has 7 nitrogen and oxygen atoms in total. The summed E-state index contributed by atoms with van der Waals surface area (Å²) in [6.07, 6.45) is 3.21. The minimum absolute atomic E-state index is 0.0280. The van der Waals surface area contributed by atoms with E-state index >= 15 is 0 Å². The molecular weight excluding hydrogens is 490 g/mol. The van der Waals surface area contributed by atoms with Crippen LogP contribution in [0, 0.1) is 6.92 Å². The Labute approximate surface area is 227 Å². The second-order valence-corrected chi connectivity index (χ2v) is 9.62. The van der Waals surface area contributed by atoms with Gasteiger partial charge in [0.1, 0.15) is 18.1 Å². The first kappa shape index (κ1) is 25.7. The summed E-state index contributed by atoms with van der Waals surface area (Å²) in [4.78, 5) is 34.3. The number of anilines is 2. The average Bonchev–Trinajstić information content (AvgIpc) is 3.23. The van der Waals surface area contributed by atoms with E-state index in [1.807, 2.05) is 68.4 Å². The molecule has 0 bridgehead atoms. The van der Waals surface area contributed by atoms with Crippen LogP contribution in [0.5, 0.6) is 5.75 Å². The zero-order chi connectivity index (χ0) is 27.5. The quantitative estimate of drug-likeness (QED) is 0.193. The Hall–Kier alpha value is -4.91. The number of amides is 1. The molecule has 4 aromatic rings. The summed E-state index contributed by atoms with van der Waals surface area (Å²) in [5, 5.41) is 11.5. The molecule has 0 aliphatic carbocycles. The van der Waals surface area contributed by atoms with Crippen molar-refractivity contribution >= 4 is 28.8 Å². The van der Waals surface area contributed by atoms with Gasteiger partial charge in [-0.05, 0) is 78.2 Å². The van der Waals surface area contributed by atoms with Crippen molar-refractivity contribution in [1.82, 2.24) is 4.98 Å². The number of ether oxygens (including phenoxy) is 1. The predicted octanol–water partition coefficient (Wildman–Crippen LogP) is 5.66. The molecule has 1 unspecified atom stereocenters.